The molecule has 2 rings (SSSR count). The van der Waals surface area contributed by atoms with Gasteiger partial charge in [0.1, 0.15) is 5.75 Å². The summed E-state index contributed by atoms with van der Waals surface area (Å²) < 4.78 is 6.65. The zero-order valence-electron chi connectivity index (χ0n) is 13.0. The molecule has 0 bridgehead atoms. The molecule has 7 heteroatoms. The van der Waals surface area contributed by atoms with Gasteiger partial charge in [-0.1, -0.05) is 36.1 Å². The van der Waals surface area contributed by atoms with Gasteiger partial charge in [-0.25, -0.2) is 0 Å². The Hall–Kier alpha value is -1.60. The molecule has 2 aromatic rings. The number of amides is 1. The van der Waals surface area contributed by atoms with Crippen molar-refractivity contribution in [3.05, 3.63) is 29.3 Å². The number of benzene rings is 1. The van der Waals surface area contributed by atoms with Crippen LogP contribution in [0.1, 0.15) is 24.5 Å². The molecule has 5 nitrogen and oxygen atoms in total. The number of aromatic nitrogens is 2. The summed E-state index contributed by atoms with van der Waals surface area (Å²) in [5, 5.41) is 11.2. The molecule has 22 heavy (non-hydrogen) atoms. The Morgan fingerprint density at radius 1 is 1.32 bits per heavy atom. The number of carbonyl (C=O) groups is 1. The normalized spacial score (nSPS) is 12.0. The lowest BCUT2D eigenvalue weighted by molar-refractivity contribution is -0.122. The zero-order chi connectivity index (χ0) is 16.1. The standard InChI is InChI=1S/C15H19N3O2S2/c1-5-12(20-11-7-9(2)6-10(3)8-11)13(19)16-14-17-18-15(21-4)22-14/h6-8,12H,5H2,1-4H3,(H,16,17,19). The van der Waals surface area contributed by atoms with Crippen LogP contribution in [0.2, 0.25) is 0 Å². The highest BCUT2D eigenvalue weighted by molar-refractivity contribution is 8.00. The number of anilines is 1. The van der Waals surface area contributed by atoms with Crippen molar-refractivity contribution in [2.75, 3.05) is 11.6 Å². The van der Waals surface area contributed by atoms with Crippen LogP contribution in [0.3, 0.4) is 0 Å². The van der Waals surface area contributed by atoms with E-state index in [1.165, 1.54) is 23.1 Å². The molecule has 1 unspecified atom stereocenters. The number of aryl methyl sites for hydroxylation is 2. The van der Waals surface area contributed by atoms with E-state index in [9.17, 15) is 4.79 Å². The number of ether oxygens (including phenoxy) is 1. The maximum absolute atomic E-state index is 12.3. The van der Waals surface area contributed by atoms with Crippen molar-refractivity contribution >= 4 is 34.1 Å². The van der Waals surface area contributed by atoms with Crippen LogP contribution in [0.4, 0.5) is 5.13 Å². The van der Waals surface area contributed by atoms with E-state index in [0.29, 0.717) is 17.3 Å². The second-order valence-electron chi connectivity index (χ2n) is 4.90. The quantitative estimate of drug-likeness (QED) is 0.643. The number of nitrogens with one attached hydrogen (secondary N) is 1. The van der Waals surface area contributed by atoms with Crippen molar-refractivity contribution in [2.45, 2.75) is 37.6 Å². The Balaban J connectivity index is 2.05. The molecule has 1 atom stereocenters. The van der Waals surface area contributed by atoms with E-state index in [1.54, 1.807) is 0 Å². The summed E-state index contributed by atoms with van der Waals surface area (Å²) in [4.78, 5) is 12.3. The monoisotopic (exact) mass is 337 g/mol. The lowest BCUT2D eigenvalue weighted by Gasteiger charge is -2.17. The summed E-state index contributed by atoms with van der Waals surface area (Å²) in [6, 6.07) is 5.93. The van der Waals surface area contributed by atoms with Crippen LogP contribution >= 0.6 is 23.1 Å². The molecular formula is C15H19N3O2S2. The topological polar surface area (TPSA) is 64.1 Å². The molecule has 0 aliphatic rings. The summed E-state index contributed by atoms with van der Waals surface area (Å²) in [6.45, 7) is 5.93. The first-order valence-corrected chi connectivity index (χ1v) is 8.99. The third-order valence-electron chi connectivity index (χ3n) is 2.95. The van der Waals surface area contributed by atoms with Gasteiger partial charge in [0.2, 0.25) is 5.13 Å². The Morgan fingerprint density at radius 2 is 2.00 bits per heavy atom. The highest BCUT2D eigenvalue weighted by atomic mass is 32.2. The Labute approximate surface area is 138 Å². The molecule has 1 aromatic carbocycles. The molecule has 0 aliphatic carbocycles. The molecular weight excluding hydrogens is 318 g/mol. The highest BCUT2D eigenvalue weighted by Crippen LogP contribution is 2.24. The van der Waals surface area contributed by atoms with Crippen molar-refractivity contribution in [3.63, 3.8) is 0 Å². The van der Waals surface area contributed by atoms with Gasteiger partial charge in [-0.15, -0.1) is 10.2 Å². The van der Waals surface area contributed by atoms with Gasteiger partial charge in [-0.2, -0.15) is 0 Å². The summed E-state index contributed by atoms with van der Waals surface area (Å²) in [7, 11) is 0. The van der Waals surface area contributed by atoms with Gasteiger partial charge in [-0.3, -0.25) is 10.1 Å². The van der Waals surface area contributed by atoms with E-state index in [2.05, 4.69) is 21.6 Å². The number of nitrogens with zero attached hydrogens (tertiary/aromatic N) is 2. The Morgan fingerprint density at radius 3 is 2.55 bits per heavy atom. The first-order valence-electron chi connectivity index (χ1n) is 6.95. The van der Waals surface area contributed by atoms with Crippen molar-refractivity contribution in [1.82, 2.24) is 10.2 Å². The van der Waals surface area contributed by atoms with E-state index in [0.717, 1.165) is 15.5 Å². The fourth-order valence-electron chi connectivity index (χ4n) is 2.02. The molecule has 0 saturated heterocycles. The van der Waals surface area contributed by atoms with E-state index < -0.39 is 6.10 Å². The van der Waals surface area contributed by atoms with Gasteiger partial charge in [0.15, 0.2) is 10.4 Å². The predicted molar refractivity (Wildman–Crippen MR) is 90.9 cm³/mol. The van der Waals surface area contributed by atoms with Crippen LogP contribution < -0.4 is 10.1 Å². The van der Waals surface area contributed by atoms with Crippen LogP contribution in [0.5, 0.6) is 5.75 Å². The zero-order valence-corrected chi connectivity index (χ0v) is 14.7. The van der Waals surface area contributed by atoms with Crippen molar-refractivity contribution < 1.29 is 9.53 Å². The Kier molecular flexibility index (Phi) is 5.79. The van der Waals surface area contributed by atoms with Gasteiger partial charge in [-0.05, 0) is 49.8 Å². The molecule has 0 radical (unpaired) electrons. The molecule has 1 amide bonds. The minimum absolute atomic E-state index is 0.203. The average molecular weight is 337 g/mol. The molecule has 0 aliphatic heterocycles. The van der Waals surface area contributed by atoms with Gasteiger partial charge in [0.05, 0.1) is 0 Å². The van der Waals surface area contributed by atoms with Gasteiger partial charge in [0.25, 0.3) is 5.91 Å². The van der Waals surface area contributed by atoms with E-state index in [4.69, 9.17) is 4.74 Å². The third kappa shape index (κ3) is 4.45. The number of rotatable bonds is 6. The largest absolute Gasteiger partial charge is 0.481 e. The summed E-state index contributed by atoms with van der Waals surface area (Å²) >= 11 is 2.85. The smallest absolute Gasteiger partial charge is 0.267 e. The predicted octanol–water partition coefficient (Wildman–Crippen LogP) is 3.67. The van der Waals surface area contributed by atoms with Crippen LogP contribution in [-0.4, -0.2) is 28.5 Å². The minimum Gasteiger partial charge on any atom is -0.481 e. The molecule has 0 fully saturated rings. The van der Waals surface area contributed by atoms with Gasteiger partial charge >= 0.3 is 0 Å². The first-order chi connectivity index (χ1) is 10.5. The van der Waals surface area contributed by atoms with E-state index in [-0.39, 0.29) is 5.91 Å². The Bertz CT molecular complexity index is 638. The first kappa shape index (κ1) is 16.8. The maximum Gasteiger partial charge on any atom is 0.267 e. The molecule has 0 spiro atoms. The van der Waals surface area contributed by atoms with Crippen LogP contribution in [0.25, 0.3) is 0 Å². The lowest BCUT2D eigenvalue weighted by atomic mass is 10.1. The molecule has 118 valence electrons. The summed E-state index contributed by atoms with van der Waals surface area (Å²) in [6.07, 6.45) is 1.94. The summed E-state index contributed by atoms with van der Waals surface area (Å²) in [5.41, 5.74) is 2.22. The second-order valence-corrected chi connectivity index (χ2v) is 6.94. The number of carbonyl (C=O) groups excluding carboxylic acids is 1. The SMILES string of the molecule is CCC(Oc1cc(C)cc(C)c1)C(=O)Nc1nnc(SC)s1. The second kappa shape index (κ2) is 7.60. The third-order valence-corrected chi connectivity index (χ3v) is 4.76. The van der Waals surface area contributed by atoms with Crippen molar-refractivity contribution in [1.29, 1.82) is 0 Å². The molecule has 1 N–H and O–H groups in total. The molecule has 1 aromatic heterocycles. The van der Waals surface area contributed by atoms with Crippen molar-refractivity contribution in [2.24, 2.45) is 0 Å². The van der Waals surface area contributed by atoms with Gasteiger partial charge in [0, 0.05) is 0 Å². The maximum atomic E-state index is 12.3. The fourth-order valence-corrected chi connectivity index (χ4v) is 3.19. The van der Waals surface area contributed by atoms with Crippen LogP contribution in [0.15, 0.2) is 22.5 Å². The highest BCUT2D eigenvalue weighted by Gasteiger charge is 2.20. The number of thioether (sulfide) groups is 1. The van der Waals surface area contributed by atoms with Crippen LogP contribution in [-0.2, 0) is 4.79 Å². The van der Waals surface area contributed by atoms with E-state index in [1.807, 2.05) is 39.2 Å². The lowest BCUT2D eigenvalue weighted by Crippen LogP contribution is -2.32. The average Bonchev–Trinajstić information content (AvgIpc) is 2.91. The van der Waals surface area contributed by atoms with Gasteiger partial charge < -0.3 is 4.74 Å². The van der Waals surface area contributed by atoms with Crippen LogP contribution in [0, 0.1) is 13.8 Å². The summed E-state index contributed by atoms with van der Waals surface area (Å²) in [5.74, 6) is 0.507. The fraction of sp³-hybridized carbons (Fsp3) is 0.400. The molecule has 1 heterocycles. The van der Waals surface area contributed by atoms with Crippen molar-refractivity contribution in [3.8, 4) is 5.75 Å². The number of hydrogen-bond acceptors (Lipinski definition) is 6. The minimum atomic E-state index is -0.553. The molecule has 0 saturated carbocycles. The van der Waals surface area contributed by atoms with E-state index >= 15 is 0 Å². The number of hydrogen-bond donors (Lipinski definition) is 1.